The summed E-state index contributed by atoms with van der Waals surface area (Å²) >= 11 is 0. The monoisotopic (exact) mass is 315 g/mol. The summed E-state index contributed by atoms with van der Waals surface area (Å²) in [6.45, 7) is 9.52. The first-order valence-electron chi connectivity index (χ1n) is 7.91. The summed E-state index contributed by atoms with van der Waals surface area (Å²) in [6, 6.07) is 9.79. The highest BCUT2D eigenvalue weighted by Crippen LogP contribution is 2.24. The molecule has 0 bridgehead atoms. The number of nitrogens with one attached hydrogen (secondary N) is 2. The fraction of sp³-hybridized carbons (Fsp3) is 0.444. The molecule has 1 aromatic heterocycles. The molecule has 1 heterocycles. The fourth-order valence-electron chi connectivity index (χ4n) is 2.34. The molecule has 0 unspecified atom stereocenters. The normalized spacial score (nSPS) is 12.7. The number of ether oxygens (including phenoxy) is 1. The van der Waals surface area contributed by atoms with Crippen LogP contribution in [-0.2, 0) is 4.74 Å². The Labute approximate surface area is 137 Å². The second-order valence-electron chi connectivity index (χ2n) is 6.57. The van der Waals surface area contributed by atoms with Crippen LogP contribution in [0.15, 0.2) is 30.3 Å². The van der Waals surface area contributed by atoms with Crippen LogP contribution in [0, 0.1) is 6.92 Å². The molecule has 0 aliphatic rings. The van der Waals surface area contributed by atoms with Crippen LogP contribution >= 0.6 is 0 Å². The largest absolute Gasteiger partial charge is 0.444 e. The molecular formula is C18H25N3O2. The molecule has 0 aliphatic heterocycles. The summed E-state index contributed by atoms with van der Waals surface area (Å²) < 4.78 is 5.32. The van der Waals surface area contributed by atoms with Crippen molar-refractivity contribution in [3.8, 4) is 11.3 Å². The molecule has 2 aromatic rings. The number of aryl methyl sites for hydroxylation is 1. The number of H-pyrrole nitrogens is 1. The van der Waals surface area contributed by atoms with Crippen molar-refractivity contribution < 1.29 is 9.53 Å². The summed E-state index contributed by atoms with van der Waals surface area (Å²) in [5.41, 5.74) is 2.43. The van der Waals surface area contributed by atoms with Crippen LogP contribution in [0.1, 0.15) is 51.7 Å². The van der Waals surface area contributed by atoms with Crippen molar-refractivity contribution in [2.24, 2.45) is 0 Å². The number of carbonyl (C=O) groups is 1. The molecule has 2 N–H and O–H groups in total. The molecule has 0 spiro atoms. The average molecular weight is 315 g/mol. The first-order valence-corrected chi connectivity index (χ1v) is 7.91. The topological polar surface area (TPSA) is 67.0 Å². The minimum atomic E-state index is -0.517. The van der Waals surface area contributed by atoms with Crippen molar-refractivity contribution in [1.29, 1.82) is 0 Å². The maximum Gasteiger partial charge on any atom is 0.408 e. The second kappa shape index (κ2) is 6.86. The molecule has 0 fully saturated rings. The van der Waals surface area contributed by atoms with Crippen LogP contribution in [0.3, 0.4) is 0 Å². The lowest BCUT2D eigenvalue weighted by molar-refractivity contribution is 0.0500. The van der Waals surface area contributed by atoms with Crippen molar-refractivity contribution >= 4 is 6.09 Å². The van der Waals surface area contributed by atoms with Crippen LogP contribution in [0.4, 0.5) is 4.79 Å². The van der Waals surface area contributed by atoms with Crippen molar-refractivity contribution in [3.63, 3.8) is 0 Å². The van der Waals surface area contributed by atoms with Gasteiger partial charge in [0.25, 0.3) is 0 Å². The van der Waals surface area contributed by atoms with Crippen molar-refractivity contribution in [2.75, 3.05) is 0 Å². The molecular weight excluding hydrogens is 290 g/mol. The number of carbonyl (C=O) groups excluding carboxylic acids is 1. The Hall–Kier alpha value is -2.30. The lowest BCUT2D eigenvalue weighted by atomic mass is 10.1. The molecule has 2 rings (SSSR count). The zero-order valence-electron chi connectivity index (χ0n) is 14.4. The van der Waals surface area contributed by atoms with Crippen molar-refractivity contribution in [1.82, 2.24) is 15.3 Å². The lowest BCUT2D eigenvalue weighted by Gasteiger charge is -2.22. The van der Waals surface area contributed by atoms with E-state index in [1.165, 1.54) is 0 Å². The zero-order valence-corrected chi connectivity index (χ0v) is 14.4. The number of benzene rings is 1. The third-order valence-electron chi connectivity index (χ3n) is 3.38. The van der Waals surface area contributed by atoms with E-state index in [-0.39, 0.29) is 6.04 Å². The first-order chi connectivity index (χ1) is 10.8. The average Bonchev–Trinajstić information content (AvgIpc) is 2.85. The maximum absolute atomic E-state index is 12.0. The number of hydrogen-bond donors (Lipinski definition) is 2. The van der Waals surface area contributed by atoms with Gasteiger partial charge in [-0.05, 0) is 34.1 Å². The van der Waals surface area contributed by atoms with Crippen LogP contribution < -0.4 is 5.32 Å². The van der Waals surface area contributed by atoms with E-state index in [0.717, 1.165) is 29.2 Å². The zero-order chi connectivity index (χ0) is 17.0. The highest BCUT2D eigenvalue weighted by atomic mass is 16.6. The minimum absolute atomic E-state index is 0.207. The van der Waals surface area contributed by atoms with Gasteiger partial charge in [-0.2, -0.15) is 0 Å². The summed E-state index contributed by atoms with van der Waals surface area (Å²) in [6.07, 6.45) is 0.292. The van der Waals surface area contributed by atoms with Crippen LogP contribution in [0.2, 0.25) is 0 Å². The van der Waals surface area contributed by atoms with Gasteiger partial charge in [0.1, 0.15) is 11.4 Å². The fourth-order valence-corrected chi connectivity index (χ4v) is 2.34. The van der Waals surface area contributed by atoms with Gasteiger partial charge in [0.15, 0.2) is 0 Å². The molecule has 1 atom stereocenters. The van der Waals surface area contributed by atoms with E-state index in [1.807, 2.05) is 65.0 Å². The van der Waals surface area contributed by atoms with Gasteiger partial charge in [-0.1, -0.05) is 37.3 Å². The smallest absolute Gasteiger partial charge is 0.408 e. The molecule has 1 amide bonds. The molecule has 0 saturated heterocycles. The van der Waals surface area contributed by atoms with E-state index in [1.54, 1.807) is 0 Å². The van der Waals surface area contributed by atoms with Gasteiger partial charge in [0.05, 0.1) is 11.7 Å². The van der Waals surface area contributed by atoms with E-state index in [9.17, 15) is 4.79 Å². The number of amides is 1. The number of imidazole rings is 1. The Morgan fingerprint density at radius 3 is 2.52 bits per heavy atom. The third kappa shape index (κ3) is 4.58. The number of alkyl carbamates (subject to hydrolysis) is 1. The van der Waals surface area contributed by atoms with Gasteiger partial charge < -0.3 is 15.0 Å². The predicted molar refractivity (Wildman–Crippen MR) is 91.2 cm³/mol. The van der Waals surface area contributed by atoms with Gasteiger partial charge >= 0.3 is 6.09 Å². The Morgan fingerprint density at radius 1 is 1.30 bits per heavy atom. The lowest BCUT2D eigenvalue weighted by Crippen LogP contribution is -2.35. The summed E-state index contributed by atoms with van der Waals surface area (Å²) in [5, 5.41) is 2.88. The number of aromatic amines is 1. The number of rotatable bonds is 4. The standard InChI is InChI=1S/C18H25N3O2/c1-6-14(20-17(22)23-18(3,4)5)16-19-12(2)15(21-16)13-10-8-7-9-11-13/h7-11,14H,6H2,1-5H3,(H,19,21)(H,20,22)/t14-/m0/s1. The van der Waals surface area contributed by atoms with Crippen molar-refractivity contribution in [2.45, 2.75) is 52.7 Å². The quantitative estimate of drug-likeness (QED) is 0.881. The molecule has 1 aromatic carbocycles. The molecule has 124 valence electrons. The van der Waals surface area contributed by atoms with Gasteiger partial charge in [-0.3, -0.25) is 0 Å². The molecule has 23 heavy (non-hydrogen) atoms. The van der Waals surface area contributed by atoms with E-state index >= 15 is 0 Å². The molecule has 5 heteroatoms. The van der Waals surface area contributed by atoms with E-state index in [2.05, 4.69) is 15.3 Å². The first kappa shape index (κ1) is 17.1. The van der Waals surface area contributed by atoms with E-state index in [4.69, 9.17) is 4.74 Å². The van der Waals surface area contributed by atoms with Gasteiger partial charge in [-0.15, -0.1) is 0 Å². The van der Waals surface area contributed by atoms with Gasteiger partial charge in [-0.25, -0.2) is 9.78 Å². The van der Waals surface area contributed by atoms with Gasteiger partial charge in [0.2, 0.25) is 0 Å². The summed E-state index contributed by atoms with van der Waals surface area (Å²) in [4.78, 5) is 19.9. The Bertz CT molecular complexity index is 657. The molecule has 5 nitrogen and oxygen atoms in total. The summed E-state index contributed by atoms with van der Waals surface area (Å²) in [5.74, 6) is 0.745. The van der Waals surface area contributed by atoms with Crippen molar-refractivity contribution in [3.05, 3.63) is 41.9 Å². The minimum Gasteiger partial charge on any atom is -0.444 e. The van der Waals surface area contributed by atoms with E-state index in [0.29, 0.717) is 0 Å². The summed E-state index contributed by atoms with van der Waals surface area (Å²) in [7, 11) is 0. The number of aromatic nitrogens is 2. The van der Waals surface area contributed by atoms with Crippen LogP contribution in [0.5, 0.6) is 0 Å². The molecule has 0 saturated carbocycles. The number of hydrogen-bond acceptors (Lipinski definition) is 3. The maximum atomic E-state index is 12.0. The second-order valence-corrected chi connectivity index (χ2v) is 6.57. The Kier molecular flexibility index (Phi) is 5.08. The molecule has 0 radical (unpaired) electrons. The third-order valence-corrected chi connectivity index (χ3v) is 3.38. The Morgan fingerprint density at radius 2 is 1.96 bits per heavy atom. The van der Waals surface area contributed by atoms with Gasteiger partial charge in [0, 0.05) is 11.3 Å². The number of nitrogens with zero attached hydrogens (tertiary/aromatic N) is 1. The van der Waals surface area contributed by atoms with Crippen LogP contribution in [0.25, 0.3) is 11.3 Å². The molecule has 0 aliphatic carbocycles. The highest BCUT2D eigenvalue weighted by Gasteiger charge is 2.22. The highest BCUT2D eigenvalue weighted by molar-refractivity contribution is 5.68. The predicted octanol–water partition coefficient (Wildman–Crippen LogP) is 4.36. The van der Waals surface area contributed by atoms with E-state index < -0.39 is 11.7 Å². The SMILES string of the molecule is CC[C@H](NC(=O)OC(C)(C)C)c1nc(-c2ccccc2)c(C)[nH]1. The van der Waals surface area contributed by atoms with Crippen LogP contribution in [-0.4, -0.2) is 21.7 Å². The Balaban J connectivity index is 2.18.